The molecule has 6 heteroatoms. The van der Waals surface area contributed by atoms with Gasteiger partial charge in [0.15, 0.2) is 5.13 Å². The summed E-state index contributed by atoms with van der Waals surface area (Å²) in [7, 11) is 1.82. The highest BCUT2D eigenvalue weighted by Gasteiger charge is 2.25. The van der Waals surface area contributed by atoms with Crippen molar-refractivity contribution in [3.8, 4) is 0 Å². The Labute approximate surface area is 145 Å². The lowest BCUT2D eigenvalue weighted by Crippen LogP contribution is -2.31. The van der Waals surface area contributed by atoms with Crippen LogP contribution >= 0.6 is 11.3 Å². The second kappa shape index (κ2) is 7.13. The van der Waals surface area contributed by atoms with Crippen LogP contribution in [0.2, 0.25) is 0 Å². The number of thiazole rings is 1. The molecule has 0 saturated carbocycles. The van der Waals surface area contributed by atoms with Gasteiger partial charge in [-0.2, -0.15) is 0 Å². The quantitative estimate of drug-likeness (QED) is 0.838. The van der Waals surface area contributed by atoms with Crippen molar-refractivity contribution >= 4 is 28.3 Å². The maximum absolute atomic E-state index is 12.5. The first kappa shape index (κ1) is 16.6. The van der Waals surface area contributed by atoms with Crippen molar-refractivity contribution in [1.82, 2.24) is 9.88 Å². The number of nitrogens with zero attached hydrogens (tertiary/aromatic N) is 3. The van der Waals surface area contributed by atoms with Crippen molar-refractivity contribution in [2.45, 2.75) is 32.2 Å². The molecule has 1 aliphatic heterocycles. The van der Waals surface area contributed by atoms with E-state index >= 15 is 0 Å². The molecule has 0 N–H and O–H groups in total. The summed E-state index contributed by atoms with van der Waals surface area (Å²) in [5.41, 5.74) is 1.83. The number of rotatable bonds is 5. The molecule has 126 valence electrons. The normalized spacial score (nSPS) is 15.6. The fourth-order valence-electron chi connectivity index (χ4n) is 2.80. The maximum atomic E-state index is 12.5. The Hall–Kier alpha value is -2.21. The molecule has 0 spiro atoms. The molecular formula is C18H21N3O2S. The largest absolute Gasteiger partial charge is 0.339 e. The van der Waals surface area contributed by atoms with Crippen LogP contribution in [0, 0.1) is 0 Å². The van der Waals surface area contributed by atoms with E-state index in [1.54, 1.807) is 9.80 Å². The monoisotopic (exact) mass is 343 g/mol. The van der Waals surface area contributed by atoms with Crippen molar-refractivity contribution in [1.29, 1.82) is 0 Å². The molecule has 1 saturated heterocycles. The predicted octanol–water partition coefficient (Wildman–Crippen LogP) is 3.03. The molecule has 3 rings (SSSR count). The second-order valence-electron chi connectivity index (χ2n) is 6.04. The lowest BCUT2D eigenvalue weighted by atomic mass is 10.1. The molecule has 0 aliphatic carbocycles. The molecule has 24 heavy (non-hydrogen) atoms. The summed E-state index contributed by atoms with van der Waals surface area (Å²) in [6, 6.07) is 9.97. The Morgan fingerprint density at radius 3 is 2.79 bits per heavy atom. The van der Waals surface area contributed by atoms with Crippen LogP contribution in [0.25, 0.3) is 0 Å². The molecule has 5 nitrogen and oxygen atoms in total. The van der Waals surface area contributed by atoms with Gasteiger partial charge in [-0.3, -0.25) is 14.5 Å². The smallest absolute Gasteiger partial charge is 0.228 e. The molecular weight excluding hydrogens is 322 g/mol. The molecule has 2 aromatic rings. The van der Waals surface area contributed by atoms with E-state index in [0.717, 1.165) is 24.2 Å². The number of likely N-dealkylation sites (N-methyl/N-ethyl adjacent to an activating group) is 1. The van der Waals surface area contributed by atoms with E-state index in [1.807, 2.05) is 49.7 Å². The molecule has 1 atom stereocenters. The standard InChI is InChI=1S/C18H21N3O2S/c1-13(14-7-4-3-5-8-14)20(2)17(23)11-15-12-24-18(19-15)21-10-6-9-16(21)22/h3-5,7-8,12-13H,6,9-11H2,1-2H3/t13-/m1/s1. The van der Waals surface area contributed by atoms with E-state index in [1.165, 1.54) is 11.3 Å². The third kappa shape index (κ3) is 3.48. The zero-order valence-electron chi connectivity index (χ0n) is 13.9. The van der Waals surface area contributed by atoms with Crippen molar-refractivity contribution in [3.63, 3.8) is 0 Å². The maximum Gasteiger partial charge on any atom is 0.228 e. The lowest BCUT2D eigenvalue weighted by molar-refractivity contribution is -0.131. The number of carbonyl (C=O) groups excluding carboxylic acids is 2. The Balaban J connectivity index is 1.64. The number of hydrogen-bond donors (Lipinski definition) is 0. The number of aromatic nitrogens is 1. The number of hydrogen-bond acceptors (Lipinski definition) is 4. The minimum Gasteiger partial charge on any atom is -0.339 e. The van der Waals surface area contributed by atoms with E-state index in [-0.39, 0.29) is 24.3 Å². The van der Waals surface area contributed by atoms with Crippen LogP contribution < -0.4 is 4.90 Å². The van der Waals surface area contributed by atoms with E-state index in [9.17, 15) is 9.59 Å². The van der Waals surface area contributed by atoms with E-state index in [4.69, 9.17) is 0 Å². The first-order valence-electron chi connectivity index (χ1n) is 8.11. The zero-order valence-corrected chi connectivity index (χ0v) is 14.8. The second-order valence-corrected chi connectivity index (χ2v) is 6.87. The van der Waals surface area contributed by atoms with Gasteiger partial charge in [-0.25, -0.2) is 4.98 Å². The molecule has 1 aromatic carbocycles. The summed E-state index contributed by atoms with van der Waals surface area (Å²) >= 11 is 1.43. The third-order valence-electron chi connectivity index (χ3n) is 4.43. The van der Waals surface area contributed by atoms with Gasteiger partial charge >= 0.3 is 0 Å². The van der Waals surface area contributed by atoms with Gasteiger partial charge in [-0.05, 0) is 18.9 Å². The fraction of sp³-hybridized carbons (Fsp3) is 0.389. The highest BCUT2D eigenvalue weighted by Crippen LogP contribution is 2.26. The Bertz CT molecular complexity index is 729. The van der Waals surface area contributed by atoms with Crippen molar-refractivity contribution in [2.24, 2.45) is 0 Å². The molecule has 0 bridgehead atoms. The Morgan fingerprint density at radius 1 is 1.38 bits per heavy atom. The number of benzene rings is 1. The van der Waals surface area contributed by atoms with Crippen LogP contribution in [-0.2, 0) is 16.0 Å². The topological polar surface area (TPSA) is 53.5 Å². The van der Waals surface area contributed by atoms with Crippen LogP contribution in [0.5, 0.6) is 0 Å². The molecule has 2 heterocycles. The Morgan fingerprint density at radius 2 is 2.12 bits per heavy atom. The predicted molar refractivity (Wildman–Crippen MR) is 95.0 cm³/mol. The molecule has 2 amide bonds. The van der Waals surface area contributed by atoms with Crippen LogP contribution in [0.1, 0.15) is 37.1 Å². The highest BCUT2D eigenvalue weighted by atomic mass is 32.1. The van der Waals surface area contributed by atoms with Crippen molar-refractivity contribution in [3.05, 3.63) is 47.0 Å². The molecule has 0 unspecified atom stereocenters. The number of amides is 2. The summed E-state index contributed by atoms with van der Waals surface area (Å²) in [5.74, 6) is 0.146. The van der Waals surface area contributed by atoms with Gasteiger partial charge in [0.05, 0.1) is 18.2 Å². The molecule has 1 fully saturated rings. The lowest BCUT2D eigenvalue weighted by Gasteiger charge is -2.25. The van der Waals surface area contributed by atoms with Gasteiger partial charge in [0.1, 0.15) is 0 Å². The van der Waals surface area contributed by atoms with E-state index in [2.05, 4.69) is 4.98 Å². The Kier molecular flexibility index (Phi) is 4.94. The van der Waals surface area contributed by atoms with Crippen molar-refractivity contribution in [2.75, 3.05) is 18.5 Å². The summed E-state index contributed by atoms with van der Waals surface area (Å²) in [6.07, 6.45) is 1.72. The van der Waals surface area contributed by atoms with Gasteiger partial charge in [0, 0.05) is 25.4 Å². The molecule has 1 aromatic heterocycles. The molecule has 0 radical (unpaired) electrons. The van der Waals surface area contributed by atoms with Crippen molar-refractivity contribution < 1.29 is 9.59 Å². The molecule has 1 aliphatic rings. The summed E-state index contributed by atoms with van der Waals surface area (Å²) in [4.78, 5) is 32.2. The van der Waals surface area contributed by atoms with Gasteiger partial charge in [-0.1, -0.05) is 30.3 Å². The van der Waals surface area contributed by atoms with Gasteiger partial charge in [0.25, 0.3) is 0 Å². The minimum atomic E-state index is 0.0111. The van der Waals surface area contributed by atoms with Crippen LogP contribution in [0.3, 0.4) is 0 Å². The van der Waals surface area contributed by atoms with Crippen LogP contribution in [-0.4, -0.2) is 35.3 Å². The average molecular weight is 343 g/mol. The summed E-state index contributed by atoms with van der Waals surface area (Å²) in [5, 5.41) is 2.58. The highest BCUT2D eigenvalue weighted by molar-refractivity contribution is 7.14. The first-order chi connectivity index (χ1) is 11.6. The van der Waals surface area contributed by atoms with Gasteiger partial charge < -0.3 is 4.90 Å². The van der Waals surface area contributed by atoms with Gasteiger partial charge in [-0.15, -0.1) is 11.3 Å². The number of anilines is 1. The van der Waals surface area contributed by atoms with Crippen LogP contribution in [0.4, 0.5) is 5.13 Å². The average Bonchev–Trinajstić information content (AvgIpc) is 3.22. The van der Waals surface area contributed by atoms with Gasteiger partial charge in [0.2, 0.25) is 11.8 Å². The minimum absolute atomic E-state index is 0.0111. The van der Waals surface area contributed by atoms with Crippen LogP contribution in [0.15, 0.2) is 35.7 Å². The first-order valence-corrected chi connectivity index (χ1v) is 8.99. The summed E-state index contributed by atoms with van der Waals surface area (Å²) < 4.78 is 0. The summed E-state index contributed by atoms with van der Waals surface area (Å²) in [6.45, 7) is 2.74. The SMILES string of the molecule is C[C@H](c1ccccc1)N(C)C(=O)Cc1csc(N2CCCC2=O)n1. The van der Waals surface area contributed by atoms with E-state index in [0.29, 0.717) is 11.6 Å². The third-order valence-corrected chi connectivity index (χ3v) is 5.35. The zero-order chi connectivity index (χ0) is 17.1. The fourth-order valence-corrected chi connectivity index (χ4v) is 3.67. The number of carbonyl (C=O) groups is 2. The van der Waals surface area contributed by atoms with E-state index < -0.39 is 0 Å².